The number of methoxy groups -OCH3 is 1. The number of hydrogen-bond donors (Lipinski definition) is 1. The van der Waals surface area contributed by atoms with Gasteiger partial charge in [0.15, 0.2) is 0 Å². The standard InChI is InChI=1S/C16H16N2O2/c1-11(18)16-14(19-2)4-3-5-15(16)20-13-8-6-12(10-17)7-9-13/h3-9,11H,18H2,1-2H3/t11-/m1/s1. The van der Waals surface area contributed by atoms with E-state index in [9.17, 15) is 0 Å². The molecule has 0 aliphatic carbocycles. The summed E-state index contributed by atoms with van der Waals surface area (Å²) in [6.45, 7) is 1.88. The third kappa shape index (κ3) is 2.90. The number of hydrogen-bond acceptors (Lipinski definition) is 4. The first-order valence-corrected chi connectivity index (χ1v) is 6.26. The Morgan fingerprint density at radius 3 is 2.30 bits per heavy atom. The highest BCUT2D eigenvalue weighted by Crippen LogP contribution is 2.35. The number of nitrogens with two attached hydrogens (primary N) is 1. The topological polar surface area (TPSA) is 68.3 Å². The average Bonchev–Trinajstić information content (AvgIpc) is 2.47. The maximum Gasteiger partial charge on any atom is 0.135 e. The van der Waals surface area contributed by atoms with E-state index < -0.39 is 0 Å². The molecule has 0 unspecified atom stereocenters. The summed E-state index contributed by atoms with van der Waals surface area (Å²) >= 11 is 0. The fourth-order valence-electron chi connectivity index (χ4n) is 1.96. The van der Waals surface area contributed by atoms with Crippen LogP contribution in [0.15, 0.2) is 42.5 Å². The van der Waals surface area contributed by atoms with Crippen molar-refractivity contribution in [3.8, 4) is 23.3 Å². The smallest absolute Gasteiger partial charge is 0.135 e. The molecule has 2 aromatic carbocycles. The van der Waals surface area contributed by atoms with Crippen LogP contribution in [-0.2, 0) is 0 Å². The Labute approximate surface area is 118 Å². The first-order valence-electron chi connectivity index (χ1n) is 6.26. The van der Waals surface area contributed by atoms with Crippen molar-refractivity contribution in [2.24, 2.45) is 5.73 Å². The average molecular weight is 268 g/mol. The zero-order valence-corrected chi connectivity index (χ0v) is 11.5. The van der Waals surface area contributed by atoms with Gasteiger partial charge in [-0.3, -0.25) is 0 Å². The molecular weight excluding hydrogens is 252 g/mol. The largest absolute Gasteiger partial charge is 0.496 e. The van der Waals surface area contributed by atoms with Gasteiger partial charge in [-0.05, 0) is 43.3 Å². The predicted molar refractivity (Wildman–Crippen MR) is 76.8 cm³/mol. The second kappa shape index (κ2) is 6.09. The summed E-state index contributed by atoms with van der Waals surface area (Å²) in [6.07, 6.45) is 0. The van der Waals surface area contributed by atoms with Crippen LogP contribution in [0.3, 0.4) is 0 Å². The van der Waals surface area contributed by atoms with E-state index in [0.717, 1.165) is 5.56 Å². The molecule has 102 valence electrons. The monoisotopic (exact) mass is 268 g/mol. The van der Waals surface area contributed by atoms with Crippen molar-refractivity contribution >= 4 is 0 Å². The van der Waals surface area contributed by atoms with E-state index in [4.69, 9.17) is 20.5 Å². The van der Waals surface area contributed by atoms with Crippen LogP contribution in [0.5, 0.6) is 17.2 Å². The summed E-state index contributed by atoms with van der Waals surface area (Å²) in [5, 5.41) is 8.78. The van der Waals surface area contributed by atoms with E-state index in [1.807, 2.05) is 25.1 Å². The van der Waals surface area contributed by atoms with Crippen molar-refractivity contribution in [2.75, 3.05) is 7.11 Å². The second-order valence-corrected chi connectivity index (χ2v) is 4.40. The Kier molecular flexibility index (Phi) is 4.24. The van der Waals surface area contributed by atoms with Crippen LogP contribution >= 0.6 is 0 Å². The predicted octanol–water partition coefficient (Wildman–Crippen LogP) is 3.38. The maximum absolute atomic E-state index is 8.78. The van der Waals surface area contributed by atoms with Gasteiger partial charge in [0.2, 0.25) is 0 Å². The second-order valence-electron chi connectivity index (χ2n) is 4.40. The minimum Gasteiger partial charge on any atom is -0.496 e. The van der Waals surface area contributed by atoms with Crippen molar-refractivity contribution < 1.29 is 9.47 Å². The molecule has 4 nitrogen and oxygen atoms in total. The molecule has 0 radical (unpaired) electrons. The lowest BCUT2D eigenvalue weighted by molar-refractivity contribution is 0.397. The first-order chi connectivity index (χ1) is 9.65. The highest BCUT2D eigenvalue weighted by atomic mass is 16.5. The molecule has 0 bridgehead atoms. The van der Waals surface area contributed by atoms with Crippen LogP contribution in [0, 0.1) is 11.3 Å². The lowest BCUT2D eigenvalue weighted by Gasteiger charge is -2.17. The molecule has 20 heavy (non-hydrogen) atoms. The Bertz CT molecular complexity index is 628. The van der Waals surface area contributed by atoms with Crippen LogP contribution in [0.4, 0.5) is 0 Å². The quantitative estimate of drug-likeness (QED) is 0.923. The number of benzene rings is 2. The SMILES string of the molecule is COc1cccc(Oc2ccc(C#N)cc2)c1[C@@H](C)N. The summed E-state index contributed by atoms with van der Waals surface area (Å²) in [7, 11) is 1.60. The van der Waals surface area contributed by atoms with Gasteiger partial charge in [0.25, 0.3) is 0 Å². The molecule has 0 fully saturated rings. The molecule has 0 aromatic heterocycles. The van der Waals surface area contributed by atoms with Gasteiger partial charge in [-0.25, -0.2) is 0 Å². The van der Waals surface area contributed by atoms with Gasteiger partial charge in [0.05, 0.1) is 24.3 Å². The molecule has 0 amide bonds. The van der Waals surface area contributed by atoms with E-state index in [1.165, 1.54) is 0 Å². The van der Waals surface area contributed by atoms with Crippen molar-refractivity contribution in [3.63, 3.8) is 0 Å². The Hall–Kier alpha value is -2.51. The Morgan fingerprint density at radius 2 is 1.75 bits per heavy atom. The van der Waals surface area contributed by atoms with Crippen LogP contribution < -0.4 is 15.2 Å². The summed E-state index contributed by atoms with van der Waals surface area (Å²) < 4.78 is 11.2. The van der Waals surface area contributed by atoms with Gasteiger partial charge in [-0.1, -0.05) is 6.07 Å². The lowest BCUT2D eigenvalue weighted by atomic mass is 10.1. The molecule has 2 N–H and O–H groups in total. The highest BCUT2D eigenvalue weighted by Gasteiger charge is 2.14. The molecule has 0 saturated carbocycles. The summed E-state index contributed by atoms with van der Waals surface area (Å²) in [5.74, 6) is 2.01. The third-order valence-electron chi connectivity index (χ3n) is 2.91. The van der Waals surface area contributed by atoms with Gasteiger partial charge in [-0.15, -0.1) is 0 Å². The van der Waals surface area contributed by atoms with Gasteiger partial charge >= 0.3 is 0 Å². The van der Waals surface area contributed by atoms with Gasteiger partial charge in [0, 0.05) is 6.04 Å². The molecule has 2 aromatic rings. The fourth-order valence-corrected chi connectivity index (χ4v) is 1.96. The molecule has 4 heteroatoms. The zero-order chi connectivity index (χ0) is 14.5. The normalized spacial score (nSPS) is 11.5. The van der Waals surface area contributed by atoms with Crippen molar-refractivity contribution in [1.29, 1.82) is 5.26 Å². The van der Waals surface area contributed by atoms with Crippen molar-refractivity contribution in [2.45, 2.75) is 13.0 Å². The number of rotatable bonds is 4. The van der Waals surface area contributed by atoms with Crippen LogP contribution in [0.2, 0.25) is 0 Å². The summed E-state index contributed by atoms with van der Waals surface area (Å²) in [4.78, 5) is 0. The molecule has 0 aliphatic rings. The van der Waals surface area contributed by atoms with E-state index in [2.05, 4.69) is 6.07 Å². The van der Waals surface area contributed by atoms with Crippen molar-refractivity contribution in [3.05, 3.63) is 53.6 Å². The van der Waals surface area contributed by atoms with Crippen LogP contribution in [0.1, 0.15) is 24.1 Å². The van der Waals surface area contributed by atoms with Crippen molar-refractivity contribution in [1.82, 2.24) is 0 Å². The minimum atomic E-state index is -0.209. The zero-order valence-electron chi connectivity index (χ0n) is 11.5. The van der Waals surface area contributed by atoms with E-state index in [-0.39, 0.29) is 6.04 Å². The van der Waals surface area contributed by atoms with Gasteiger partial charge in [0.1, 0.15) is 17.2 Å². The molecule has 0 heterocycles. The lowest BCUT2D eigenvalue weighted by Crippen LogP contribution is -2.08. The Balaban J connectivity index is 2.35. The van der Waals surface area contributed by atoms with E-state index in [1.54, 1.807) is 31.4 Å². The molecule has 0 spiro atoms. The molecule has 1 atom stereocenters. The minimum absolute atomic E-state index is 0.209. The van der Waals surface area contributed by atoms with Crippen LogP contribution in [-0.4, -0.2) is 7.11 Å². The van der Waals surface area contributed by atoms with Crippen LogP contribution in [0.25, 0.3) is 0 Å². The Morgan fingerprint density at radius 1 is 1.10 bits per heavy atom. The van der Waals surface area contributed by atoms with E-state index >= 15 is 0 Å². The molecule has 0 aliphatic heterocycles. The fraction of sp³-hybridized carbons (Fsp3) is 0.188. The number of nitriles is 1. The van der Waals surface area contributed by atoms with Gasteiger partial charge in [-0.2, -0.15) is 5.26 Å². The molecule has 0 saturated heterocycles. The number of ether oxygens (including phenoxy) is 2. The molecular formula is C16H16N2O2. The third-order valence-corrected chi connectivity index (χ3v) is 2.91. The summed E-state index contributed by atoms with van der Waals surface area (Å²) in [6, 6.07) is 14.3. The number of nitrogens with zero attached hydrogens (tertiary/aromatic N) is 1. The maximum atomic E-state index is 8.78. The van der Waals surface area contributed by atoms with E-state index in [0.29, 0.717) is 22.8 Å². The highest BCUT2D eigenvalue weighted by molar-refractivity contribution is 5.48. The molecule has 2 rings (SSSR count). The summed E-state index contributed by atoms with van der Waals surface area (Å²) in [5.41, 5.74) is 7.40. The first kappa shape index (κ1) is 13.9. The van der Waals surface area contributed by atoms with Gasteiger partial charge < -0.3 is 15.2 Å².